The van der Waals surface area contributed by atoms with Crippen molar-refractivity contribution in [2.75, 3.05) is 39.8 Å². The number of ether oxygens (including phenoxy) is 1. The van der Waals surface area contributed by atoms with E-state index in [0.717, 1.165) is 56.9 Å². The van der Waals surface area contributed by atoms with Gasteiger partial charge in [0.1, 0.15) is 24.5 Å². The third-order valence-corrected chi connectivity index (χ3v) is 7.01. The molecular formula is C27H31FN6O2. The highest BCUT2D eigenvalue weighted by atomic mass is 19.1. The maximum atomic E-state index is 13.3. The number of carbonyl (C=O) groups excluding carboxylic acids is 1. The van der Waals surface area contributed by atoms with Gasteiger partial charge in [-0.25, -0.2) is 4.39 Å². The zero-order valence-corrected chi connectivity index (χ0v) is 20.5. The minimum Gasteiger partial charge on any atom is -0.468 e. The first-order valence-electron chi connectivity index (χ1n) is 12.3. The molecule has 0 spiro atoms. The van der Waals surface area contributed by atoms with E-state index >= 15 is 0 Å². The fourth-order valence-electron chi connectivity index (χ4n) is 4.98. The Morgan fingerprint density at radius 2 is 1.75 bits per heavy atom. The first-order valence-corrected chi connectivity index (χ1v) is 12.3. The topological polar surface area (TPSA) is 68.4 Å². The number of piperazine rings is 1. The summed E-state index contributed by atoms with van der Waals surface area (Å²) in [5, 5.41) is 8.96. The van der Waals surface area contributed by atoms with E-state index in [4.69, 9.17) is 4.74 Å². The van der Waals surface area contributed by atoms with Crippen LogP contribution in [-0.2, 0) is 22.5 Å². The SMILES string of the molecule is COC(=O)C(Cc1ccc(F)cc1)N1CCN(CCCn2ccc3cc(-n4cnnc4)ccc32)CC1. The van der Waals surface area contributed by atoms with E-state index in [9.17, 15) is 9.18 Å². The number of hydrogen-bond donors (Lipinski definition) is 0. The predicted molar refractivity (Wildman–Crippen MR) is 135 cm³/mol. The molecule has 0 aliphatic carbocycles. The third-order valence-electron chi connectivity index (χ3n) is 7.01. The molecule has 2 aromatic carbocycles. The summed E-state index contributed by atoms with van der Waals surface area (Å²) in [6, 6.07) is 14.5. The molecule has 8 nitrogen and oxygen atoms in total. The van der Waals surface area contributed by atoms with Crippen LogP contribution in [0.15, 0.2) is 67.4 Å². The van der Waals surface area contributed by atoms with E-state index in [1.165, 1.54) is 30.1 Å². The Kier molecular flexibility index (Phi) is 7.39. The average Bonchev–Trinajstić information content (AvgIpc) is 3.59. The molecule has 1 atom stereocenters. The zero-order valence-electron chi connectivity index (χ0n) is 20.5. The van der Waals surface area contributed by atoms with Crippen LogP contribution in [0.25, 0.3) is 16.6 Å². The number of nitrogens with zero attached hydrogens (tertiary/aromatic N) is 6. The first-order chi connectivity index (χ1) is 17.6. The highest BCUT2D eigenvalue weighted by Gasteiger charge is 2.30. The van der Waals surface area contributed by atoms with Gasteiger partial charge in [0.25, 0.3) is 0 Å². The van der Waals surface area contributed by atoms with Crippen molar-refractivity contribution >= 4 is 16.9 Å². The van der Waals surface area contributed by atoms with E-state index in [1.807, 2.05) is 4.57 Å². The molecule has 2 aromatic heterocycles. The van der Waals surface area contributed by atoms with E-state index in [1.54, 1.807) is 24.8 Å². The number of aryl methyl sites for hydroxylation is 1. The molecule has 1 fully saturated rings. The molecule has 188 valence electrons. The Labute approximate surface area is 209 Å². The summed E-state index contributed by atoms with van der Waals surface area (Å²) in [6.07, 6.45) is 7.12. The number of fused-ring (bicyclic) bond motifs is 1. The quantitative estimate of drug-likeness (QED) is 0.336. The van der Waals surface area contributed by atoms with Crippen molar-refractivity contribution in [1.82, 2.24) is 29.1 Å². The molecule has 36 heavy (non-hydrogen) atoms. The summed E-state index contributed by atoms with van der Waals surface area (Å²) in [4.78, 5) is 17.2. The Morgan fingerprint density at radius 3 is 2.47 bits per heavy atom. The molecule has 0 bridgehead atoms. The molecule has 5 rings (SSSR count). The van der Waals surface area contributed by atoms with Crippen molar-refractivity contribution < 1.29 is 13.9 Å². The average molecular weight is 491 g/mol. The van der Waals surface area contributed by atoms with Crippen LogP contribution in [0.5, 0.6) is 0 Å². The standard InChI is InChI=1S/C27H31FN6O2/c1-36-27(35)26(17-21-3-5-23(28)6-4-21)33-15-13-31(14-16-33)10-2-11-32-12-9-22-18-24(7-8-25(22)32)34-19-29-30-20-34/h3-9,12,18-20,26H,2,10-11,13-17H2,1H3. The van der Waals surface area contributed by atoms with Crippen molar-refractivity contribution in [3.8, 4) is 5.69 Å². The van der Waals surface area contributed by atoms with Crippen LogP contribution < -0.4 is 0 Å². The second-order valence-corrected chi connectivity index (χ2v) is 9.22. The number of halogens is 1. The molecule has 0 radical (unpaired) electrons. The molecule has 9 heteroatoms. The van der Waals surface area contributed by atoms with Crippen LogP contribution in [-0.4, -0.2) is 81.0 Å². The normalized spacial score (nSPS) is 15.8. The minimum atomic E-state index is -0.350. The fourth-order valence-corrected chi connectivity index (χ4v) is 4.98. The van der Waals surface area contributed by atoms with Gasteiger partial charge in [0.15, 0.2) is 0 Å². The van der Waals surface area contributed by atoms with Gasteiger partial charge in [0, 0.05) is 55.5 Å². The van der Waals surface area contributed by atoms with Gasteiger partial charge in [-0.2, -0.15) is 0 Å². The van der Waals surface area contributed by atoms with Crippen LogP contribution in [0.4, 0.5) is 4.39 Å². The Bertz CT molecular complexity index is 1280. The van der Waals surface area contributed by atoms with E-state index in [-0.39, 0.29) is 17.8 Å². The molecule has 0 N–H and O–H groups in total. The molecule has 4 aromatic rings. The van der Waals surface area contributed by atoms with Crippen molar-refractivity contribution in [3.05, 3.63) is 78.8 Å². The van der Waals surface area contributed by atoms with E-state index in [0.29, 0.717) is 6.42 Å². The van der Waals surface area contributed by atoms with Crippen LogP contribution in [0, 0.1) is 5.82 Å². The second-order valence-electron chi connectivity index (χ2n) is 9.22. The maximum absolute atomic E-state index is 13.3. The van der Waals surface area contributed by atoms with Gasteiger partial charge in [-0.1, -0.05) is 12.1 Å². The van der Waals surface area contributed by atoms with E-state index in [2.05, 4.69) is 55.0 Å². The van der Waals surface area contributed by atoms with Gasteiger partial charge in [0.2, 0.25) is 0 Å². The van der Waals surface area contributed by atoms with Gasteiger partial charge >= 0.3 is 5.97 Å². The van der Waals surface area contributed by atoms with Crippen molar-refractivity contribution in [2.45, 2.75) is 25.4 Å². The number of benzene rings is 2. The monoisotopic (exact) mass is 490 g/mol. The van der Waals surface area contributed by atoms with Crippen LogP contribution >= 0.6 is 0 Å². The summed E-state index contributed by atoms with van der Waals surface area (Å²) in [7, 11) is 1.43. The summed E-state index contributed by atoms with van der Waals surface area (Å²) >= 11 is 0. The lowest BCUT2D eigenvalue weighted by atomic mass is 10.0. The lowest BCUT2D eigenvalue weighted by Crippen LogP contribution is -2.53. The van der Waals surface area contributed by atoms with Crippen LogP contribution in [0.2, 0.25) is 0 Å². The molecule has 1 saturated heterocycles. The fraction of sp³-hybridized carbons (Fsp3) is 0.370. The summed E-state index contributed by atoms with van der Waals surface area (Å²) < 4.78 is 22.6. The molecular weight excluding hydrogens is 459 g/mol. The third kappa shape index (κ3) is 5.47. The lowest BCUT2D eigenvalue weighted by molar-refractivity contribution is -0.147. The van der Waals surface area contributed by atoms with Gasteiger partial charge in [-0.3, -0.25) is 14.3 Å². The number of rotatable bonds is 9. The highest BCUT2D eigenvalue weighted by Crippen LogP contribution is 2.20. The molecule has 3 heterocycles. The number of hydrogen-bond acceptors (Lipinski definition) is 6. The Hall–Kier alpha value is -3.56. The second kappa shape index (κ2) is 11.0. The van der Waals surface area contributed by atoms with Crippen molar-refractivity contribution in [1.29, 1.82) is 0 Å². The first kappa shape index (κ1) is 24.1. The van der Waals surface area contributed by atoms with Gasteiger partial charge < -0.3 is 14.2 Å². The molecule has 1 unspecified atom stereocenters. The predicted octanol–water partition coefficient (Wildman–Crippen LogP) is 3.15. The zero-order chi connectivity index (χ0) is 24.9. The van der Waals surface area contributed by atoms with Crippen molar-refractivity contribution in [2.24, 2.45) is 0 Å². The van der Waals surface area contributed by atoms with Gasteiger partial charge in [-0.15, -0.1) is 10.2 Å². The van der Waals surface area contributed by atoms with Gasteiger partial charge in [-0.05, 0) is 61.3 Å². The highest BCUT2D eigenvalue weighted by molar-refractivity contribution is 5.82. The largest absolute Gasteiger partial charge is 0.468 e. The number of esters is 1. The van der Waals surface area contributed by atoms with Gasteiger partial charge in [0.05, 0.1) is 7.11 Å². The Morgan fingerprint density at radius 1 is 1.00 bits per heavy atom. The number of methoxy groups -OCH3 is 1. The minimum absolute atomic E-state index is 0.236. The summed E-state index contributed by atoms with van der Waals surface area (Å²) in [5.74, 6) is -0.508. The van der Waals surface area contributed by atoms with Crippen LogP contribution in [0.1, 0.15) is 12.0 Å². The Balaban J connectivity index is 1.12. The molecule has 1 aliphatic rings. The van der Waals surface area contributed by atoms with E-state index < -0.39 is 0 Å². The van der Waals surface area contributed by atoms with Crippen LogP contribution in [0.3, 0.4) is 0 Å². The lowest BCUT2D eigenvalue weighted by Gasteiger charge is -2.38. The summed E-state index contributed by atoms with van der Waals surface area (Å²) in [5.41, 5.74) is 3.20. The molecule has 1 aliphatic heterocycles. The number of carbonyl (C=O) groups is 1. The van der Waals surface area contributed by atoms with Crippen molar-refractivity contribution in [3.63, 3.8) is 0 Å². The molecule has 0 amide bonds. The molecule has 0 saturated carbocycles. The smallest absolute Gasteiger partial charge is 0.323 e. The maximum Gasteiger partial charge on any atom is 0.323 e. The summed E-state index contributed by atoms with van der Waals surface area (Å²) in [6.45, 7) is 5.38. The number of aromatic nitrogens is 4.